The number of hydrogen-bond donors (Lipinski definition) is 0. The van der Waals surface area contributed by atoms with E-state index in [9.17, 15) is 13.6 Å². The highest BCUT2D eigenvalue weighted by molar-refractivity contribution is 5.94. The van der Waals surface area contributed by atoms with Gasteiger partial charge in [0.1, 0.15) is 0 Å². The molecule has 0 radical (unpaired) electrons. The third-order valence-corrected chi connectivity index (χ3v) is 2.24. The molecule has 3 nitrogen and oxygen atoms in total. The van der Waals surface area contributed by atoms with Gasteiger partial charge in [-0.2, -0.15) is 0 Å². The molecule has 0 unspecified atom stereocenters. The molecule has 5 heteroatoms. The Morgan fingerprint density at radius 3 is 2.53 bits per heavy atom. The molecular weight excluding hydrogens is 202 g/mol. The number of imidazole rings is 1. The number of fused-ring (bicyclic) bond motifs is 1. The van der Waals surface area contributed by atoms with E-state index in [1.807, 2.05) is 0 Å². The van der Waals surface area contributed by atoms with Crippen LogP contribution < -0.4 is 0 Å². The van der Waals surface area contributed by atoms with E-state index >= 15 is 0 Å². The van der Waals surface area contributed by atoms with Gasteiger partial charge >= 0.3 is 0 Å². The van der Waals surface area contributed by atoms with Crippen molar-refractivity contribution >= 4 is 16.8 Å². The Balaban J connectivity index is 2.83. The molecule has 15 heavy (non-hydrogen) atoms. The molecule has 0 aliphatic heterocycles. The fourth-order valence-electron chi connectivity index (χ4n) is 1.50. The Kier molecular flexibility index (Phi) is 2.03. The summed E-state index contributed by atoms with van der Waals surface area (Å²) in [5.41, 5.74) is 0.681. The van der Waals surface area contributed by atoms with E-state index < -0.39 is 11.6 Å². The van der Waals surface area contributed by atoms with E-state index in [1.165, 1.54) is 11.5 Å². The van der Waals surface area contributed by atoms with Crippen molar-refractivity contribution in [2.75, 3.05) is 0 Å². The second-order valence-electron chi connectivity index (χ2n) is 3.31. The smallest absolute Gasteiger partial charge is 0.195 e. The van der Waals surface area contributed by atoms with Crippen LogP contribution in [-0.4, -0.2) is 15.3 Å². The van der Waals surface area contributed by atoms with E-state index in [-0.39, 0.29) is 17.1 Å². The average Bonchev–Trinajstić information content (AvgIpc) is 2.46. The van der Waals surface area contributed by atoms with Gasteiger partial charge in [0.25, 0.3) is 0 Å². The molecule has 78 valence electrons. The van der Waals surface area contributed by atoms with Crippen LogP contribution in [0.5, 0.6) is 0 Å². The van der Waals surface area contributed by atoms with E-state index in [2.05, 4.69) is 4.98 Å². The van der Waals surface area contributed by atoms with Crippen molar-refractivity contribution in [3.05, 3.63) is 29.6 Å². The lowest BCUT2D eigenvalue weighted by atomic mass is 10.3. The number of ketones is 1. The summed E-state index contributed by atoms with van der Waals surface area (Å²) in [5, 5.41) is 0. The minimum atomic E-state index is -0.962. The van der Waals surface area contributed by atoms with Crippen LogP contribution in [0.1, 0.15) is 17.5 Å². The van der Waals surface area contributed by atoms with Gasteiger partial charge in [0, 0.05) is 26.1 Å². The Morgan fingerprint density at radius 1 is 1.33 bits per heavy atom. The number of nitrogens with zero attached hydrogens (tertiary/aromatic N) is 2. The lowest BCUT2D eigenvalue weighted by Crippen LogP contribution is -2.02. The molecule has 0 saturated heterocycles. The maximum absolute atomic E-state index is 12.9. The van der Waals surface area contributed by atoms with Gasteiger partial charge in [0.15, 0.2) is 23.2 Å². The highest BCUT2D eigenvalue weighted by atomic mass is 19.2. The van der Waals surface area contributed by atoms with Crippen LogP contribution in [0.3, 0.4) is 0 Å². The van der Waals surface area contributed by atoms with Crippen molar-refractivity contribution in [2.24, 2.45) is 7.05 Å². The van der Waals surface area contributed by atoms with Crippen LogP contribution in [0, 0.1) is 11.6 Å². The maximum Gasteiger partial charge on any atom is 0.195 e. The molecule has 2 rings (SSSR count). The topological polar surface area (TPSA) is 34.9 Å². The first-order valence-corrected chi connectivity index (χ1v) is 4.33. The van der Waals surface area contributed by atoms with E-state index in [0.717, 1.165) is 12.1 Å². The maximum atomic E-state index is 12.9. The molecule has 1 aromatic heterocycles. The molecule has 0 amide bonds. The molecule has 0 bridgehead atoms. The van der Waals surface area contributed by atoms with Crippen LogP contribution in [0.25, 0.3) is 11.0 Å². The van der Waals surface area contributed by atoms with Crippen molar-refractivity contribution < 1.29 is 13.6 Å². The summed E-state index contributed by atoms with van der Waals surface area (Å²) in [4.78, 5) is 15.1. The van der Waals surface area contributed by atoms with Crippen LogP contribution in [0.2, 0.25) is 0 Å². The number of halogens is 2. The molecular formula is C10H8F2N2O. The van der Waals surface area contributed by atoms with Gasteiger partial charge < -0.3 is 4.57 Å². The SMILES string of the molecule is CC(=O)c1nc2cc(F)c(F)cc2n1C. The Labute approximate surface area is 84.3 Å². The number of hydrogen-bond acceptors (Lipinski definition) is 2. The second kappa shape index (κ2) is 3.12. The summed E-state index contributed by atoms with van der Waals surface area (Å²) in [6.07, 6.45) is 0. The second-order valence-corrected chi connectivity index (χ2v) is 3.31. The van der Waals surface area contributed by atoms with Gasteiger partial charge in [-0.1, -0.05) is 0 Å². The predicted molar refractivity (Wildman–Crippen MR) is 50.6 cm³/mol. The Morgan fingerprint density at radius 2 is 1.93 bits per heavy atom. The van der Waals surface area contributed by atoms with E-state index in [4.69, 9.17) is 0 Å². The number of aromatic nitrogens is 2. The van der Waals surface area contributed by atoms with Gasteiger partial charge in [0.05, 0.1) is 11.0 Å². The van der Waals surface area contributed by atoms with Gasteiger partial charge in [-0.15, -0.1) is 0 Å². The average molecular weight is 210 g/mol. The molecule has 1 heterocycles. The molecule has 0 fully saturated rings. The van der Waals surface area contributed by atoms with Crippen LogP contribution in [0.15, 0.2) is 12.1 Å². The molecule has 1 aromatic carbocycles. The van der Waals surface area contributed by atoms with E-state index in [1.54, 1.807) is 7.05 Å². The quantitative estimate of drug-likeness (QED) is 0.675. The monoisotopic (exact) mass is 210 g/mol. The fraction of sp³-hybridized carbons (Fsp3) is 0.200. The number of aryl methyl sites for hydroxylation is 1. The summed E-state index contributed by atoms with van der Waals surface area (Å²) in [5.74, 6) is -1.96. The van der Waals surface area contributed by atoms with Crippen molar-refractivity contribution in [3.63, 3.8) is 0 Å². The third kappa shape index (κ3) is 1.40. The lowest BCUT2D eigenvalue weighted by molar-refractivity contribution is 0.100. The molecule has 0 N–H and O–H groups in total. The number of Topliss-reactive ketones (excluding diaryl/α,β-unsaturated/α-hetero) is 1. The summed E-state index contributed by atoms with van der Waals surface area (Å²) < 4.78 is 27.3. The number of carbonyl (C=O) groups excluding carboxylic acids is 1. The highest BCUT2D eigenvalue weighted by Crippen LogP contribution is 2.18. The minimum absolute atomic E-state index is 0.190. The fourth-order valence-corrected chi connectivity index (χ4v) is 1.50. The van der Waals surface area contributed by atoms with E-state index in [0.29, 0.717) is 5.52 Å². The van der Waals surface area contributed by atoms with Gasteiger partial charge in [-0.3, -0.25) is 4.79 Å². The Bertz CT molecular complexity index is 560. The molecule has 0 atom stereocenters. The highest BCUT2D eigenvalue weighted by Gasteiger charge is 2.14. The van der Waals surface area contributed by atoms with Crippen molar-refractivity contribution in [2.45, 2.75) is 6.92 Å². The van der Waals surface area contributed by atoms with Crippen molar-refractivity contribution in [1.29, 1.82) is 0 Å². The number of carbonyl (C=O) groups is 1. The number of rotatable bonds is 1. The zero-order valence-electron chi connectivity index (χ0n) is 8.21. The summed E-state index contributed by atoms with van der Waals surface area (Å²) >= 11 is 0. The van der Waals surface area contributed by atoms with Gasteiger partial charge in [-0.05, 0) is 0 Å². The minimum Gasteiger partial charge on any atom is -0.325 e. The lowest BCUT2D eigenvalue weighted by Gasteiger charge is -1.97. The molecule has 2 aromatic rings. The van der Waals surface area contributed by atoms with Gasteiger partial charge in [0.2, 0.25) is 0 Å². The summed E-state index contributed by atoms with van der Waals surface area (Å²) in [6, 6.07) is 2.02. The standard InChI is InChI=1S/C10H8F2N2O/c1-5(15)10-13-8-3-6(11)7(12)4-9(8)14(10)2/h3-4H,1-2H3. The molecule has 0 saturated carbocycles. The van der Waals surface area contributed by atoms with Gasteiger partial charge in [-0.25, -0.2) is 13.8 Å². The first kappa shape index (κ1) is 9.76. The third-order valence-electron chi connectivity index (χ3n) is 2.24. The first-order valence-electron chi connectivity index (χ1n) is 4.33. The zero-order valence-corrected chi connectivity index (χ0v) is 8.21. The normalized spacial score (nSPS) is 10.9. The molecule has 0 spiro atoms. The number of benzene rings is 1. The largest absolute Gasteiger partial charge is 0.325 e. The Hall–Kier alpha value is -1.78. The van der Waals surface area contributed by atoms with Crippen LogP contribution in [-0.2, 0) is 7.05 Å². The zero-order chi connectivity index (χ0) is 11.2. The summed E-state index contributed by atoms with van der Waals surface area (Å²) in [6.45, 7) is 1.36. The van der Waals surface area contributed by atoms with Crippen LogP contribution >= 0.6 is 0 Å². The predicted octanol–water partition coefficient (Wildman–Crippen LogP) is 2.05. The van der Waals surface area contributed by atoms with Crippen molar-refractivity contribution in [3.8, 4) is 0 Å². The molecule has 0 aliphatic carbocycles. The van der Waals surface area contributed by atoms with Crippen LogP contribution in [0.4, 0.5) is 8.78 Å². The molecule has 0 aliphatic rings. The van der Waals surface area contributed by atoms with Crippen molar-refractivity contribution in [1.82, 2.24) is 9.55 Å². The first-order chi connectivity index (χ1) is 7.00. The summed E-state index contributed by atoms with van der Waals surface area (Å²) in [7, 11) is 1.59.